The first-order valence-electron chi connectivity index (χ1n) is 5.66. The Morgan fingerprint density at radius 3 is 2.30 bits per heavy atom. The van der Waals surface area contributed by atoms with Crippen molar-refractivity contribution in [2.75, 3.05) is 5.73 Å². The second kappa shape index (κ2) is 5.28. The molecule has 0 aliphatic rings. The summed E-state index contributed by atoms with van der Waals surface area (Å²) in [6.07, 6.45) is 0. The zero-order valence-corrected chi connectivity index (χ0v) is 12.4. The molecule has 112 valence electrons. The molecule has 0 fully saturated rings. The van der Waals surface area contributed by atoms with Gasteiger partial charge in [-0.15, -0.1) is 0 Å². The summed E-state index contributed by atoms with van der Waals surface area (Å²) in [6, 6.07) is 2.37. The molecular weight excluding hydrogens is 289 g/mol. The van der Waals surface area contributed by atoms with E-state index in [1.807, 2.05) is 0 Å². The van der Waals surface area contributed by atoms with E-state index in [9.17, 15) is 17.1 Å². The van der Waals surface area contributed by atoms with Crippen LogP contribution in [0.1, 0.15) is 36.7 Å². The summed E-state index contributed by atoms with van der Waals surface area (Å²) in [5.74, 6) is -1.07. The average Bonchev–Trinajstić information content (AvgIpc) is 2.19. The fraction of sp³-hybridized carbons (Fsp3) is 0.417. The van der Waals surface area contributed by atoms with Crippen LogP contribution in [0.3, 0.4) is 0 Å². The molecule has 2 N–H and O–H groups in total. The molecule has 8 heteroatoms. The molecule has 6 nitrogen and oxygen atoms in total. The minimum atomic E-state index is -5.20. The average molecular weight is 305 g/mol. The zero-order valence-electron chi connectivity index (χ0n) is 11.6. The number of hydrogen-bond donors (Lipinski definition) is 1. The van der Waals surface area contributed by atoms with Crippen LogP contribution < -0.4 is 9.92 Å². The van der Waals surface area contributed by atoms with Crippen molar-refractivity contribution in [3.05, 3.63) is 23.3 Å². The van der Waals surface area contributed by atoms with Gasteiger partial charge in [-0.05, 0) is 39.8 Å². The van der Waals surface area contributed by atoms with Gasteiger partial charge in [0.05, 0.1) is 5.56 Å². The molecule has 0 aliphatic heterocycles. The highest BCUT2D eigenvalue weighted by Crippen LogP contribution is 2.28. The number of carbonyl (C=O) groups is 1. The molecule has 0 saturated heterocycles. The standard InChI is InChI=1S/C12H16FNO5S/c1-7-9(14)5-8(11(15)18-12(2,3)4)6-10(7)19-20(13,16)17/h5-6H,14H2,1-4H3. The molecule has 1 rings (SSSR count). The number of nitrogen functional groups attached to an aromatic ring is 1. The largest absolute Gasteiger partial charge is 0.488 e. The minimum Gasteiger partial charge on any atom is -0.456 e. The monoisotopic (exact) mass is 305 g/mol. The first-order chi connectivity index (χ1) is 8.89. The first-order valence-corrected chi connectivity index (χ1v) is 6.97. The lowest BCUT2D eigenvalue weighted by atomic mass is 10.1. The minimum absolute atomic E-state index is 0.0262. The van der Waals surface area contributed by atoms with E-state index in [-0.39, 0.29) is 22.6 Å². The van der Waals surface area contributed by atoms with E-state index < -0.39 is 22.1 Å². The zero-order chi connectivity index (χ0) is 15.7. The van der Waals surface area contributed by atoms with Gasteiger partial charge in [0.25, 0.3) is 0 Å². The number of anilines is 1. The van der Waals surface area contributed by atoms with Gasteiger partial charge in [0.15, 0.2) is 5.75 Å². The van der Waals surface area contributed by atoms with Crippen LogP contribution in [0.4, 0.5) is 9.57 Å². The SMILES string of the molecule is Cc1c(N)cc(C(=O)OC(C)(C)C)cc1OS(=O)(=O)F. The van der Waals surface area contributed by atoms with Gasteiger partial charge in [0.1, 0.15) is 5.60 Å². The number of nitrogens with two attached hydrogens (primary N) is 1. The highest BCUT2D eigenvalue weighted by molar-refractivity contribution is 7.81. The van der Waals surface area contributed by atoms with Crippen molar-refractivity contribution in [3.63, 3.8) is 0 Å². The summed E-state index contributed by atoms with van der Waals surface area (Å²) < 4.78 is 42.9. The number of carbonyl (C=O) groups excluding carboxylic acids is 1. The van der Waals surface area contributed by atoms with E-state index in [4.69, 9.17) is 10.5 Å². The number of ether oxygens (including phenoxy) is 1. The maximum Gasteiger partial charge on any atom is 0.488 e. The maximum atomic E-state index is 12.6. The Morgan fingerprint density at radius 1 is 1.30 bits per heavy atom. The van der Waals surface area contributed by atoms with E-state index in [1.54, 1.807) is 20.8 Å². The van der Waals surface area contributed by atoms with E-state index in [2.05, 4.69) is 4.18 Å². The maximum absolute atomic E-state index is 12.6. The summed E-state index contributed by atoms with van der Waals surface area (Å²) in [4.78, 5) is 11.9. The molecule has 0 bridgehead atoms. The Labute approximate surface area is 117 Å². The molecule has 0 atom stereocenters. The molecule has 0 aliphatic carbocycles. The summed E-state index contributed by atoms with van der Waals surface area (Å²) in [5.41, 5.74) is 5.18. The lowest BCUT2D eigenvalue weighted by Crippen LogP contribution is -2.24. The summed E-state index contributed by atoms with van der Waals surface area (Å²) in [5, 5.41) is 0. The summed E-state index contributed by atoms with van der Waals surface area (Å²) in [6.45, 7) is 6.46. The molecule has 1 aromatic carbocycles. The van der Waals surface area contributed by atoms with Crippen LogP contribution in [-0.2, 0) is 15.2 Å². The van der Waals surface area contributed by atoms with Gasteiger partial charge < -0.3 is 14.7 Å². The highest BCUT2D eigenvalue weighted by Gasteiger charge is 2.21. The second-order valence-electron chi connectivity index (χ2n) is 5.17. The molecule has 0 radical (unpaired) electrons. The third-order valence-corrected chi connectivity index (χ3v) is 2.60. The third kappa shape index (κ3) is 4.69. The molecule has 0 aromatic heterocycles. The molecule has 0 saturated carbocycles. The van der Waals surface area contributed by atoms with Crippen LogP contribution in [0.2, 0.25) is 0 Å². The highest BCUT2D eigenvalue weighted by atomic mass is 32.3. The van der Waals surface area contributed by atoms with Crippen LogP contribution in [0, 0.1) is 6.92 Å². The predicted octanol–water partition coefficient (Wildman–Crippen LogP) is 2.13. The van der Waals surface area contributed by atoms with E-state index in [0.717, 1.165) is 6.07 Å². The van der Waals surface area contributed by atoms with Gasteiger partial charge in [0.2, 0.25) is 0 Å². The van der Waals surface area contributed by atoms with Crippen LogP contribution in [0.15, 0.2) is 12.1 Å². The lowest BCUT2D eigenvalue weighted by Gasteiger charge is -2.20. The van der Waals surface area contributed by atoms with Crippen LogP contribution in [0.5, 0.6) is 5.75 Å². The number of halogens is 1. The summed E-state index contributed by atoms with van der Waals surface area (Å²) >= 11 is 0. The third-order valence-electron chi connectivity index (χ3n) is 2.22. The topological polar surface area (TPSA) is 95.7 Å². The van der Waals surface area contributed by atoms with Gasteiger partial charge >= 0.3 is 16.5 Å². The van der Waals surface area contributed by atoms with Crippen molar-refractivity contribution in [2.45, 2.75) is 33.3 Å². The molecule has 0 amide bonds. The van der Waals surface area contributed by atoms with Crippen molar-refractivity contribution in [3.8, 4) is 5.75 Å². The number of benzene rings is 1. The van der Waals surface area contributed by atoms with Crippen molar-refractivity contribution >= 4 is 22.2 Å². The molecule has 0 heterocycles. The Bertz CT molecular complexity index is 634. The van der Waals surface area contributed by atoms with Crippen molar-refractivity contribution in [1.82, 2.24) is 0 Å². The van der Waals surface area contributed by atoms with Crippen molar-refractivity contribution in [2.24, 2.45) is 0 Å². The van der Waals surface area contributed by atoms with E-state index in [1.165, 1.54) is 13.0 Å². The van der Waals surface area contributed by atoms with Crippen molar-refractivity contribution in [1.29, 1.82) is 0 Å². The van der Waals surface area contributed by atoms with E-state index >= 15 is 0 Å². The fourth-order valence-corrected chi connectivity index (χ4v) is 1.75. The number of esters is 1. The van der Waals surface area contributed by atoms with Gasteiger partial charge in [-0.1, -0.05) is 3.89 Å². The van der Waals surface area contributed by atoms with Crippen molar-refractivity contribution < 1.29 is 26.0 Å². The Kier molecular flexibility index (Phi) is 4.28. The predicted molar refractivity (Wildman–Crippen MR) is 71.4 cm³/mol. The summed E-state index contributed by atoms with van der Waals surface area (Å²) in [7, 11) is -5.20. The quantitative estimate of drug-likeness (QED) is 0.522. The van der Waals surface area contributed by atoms with Crippen LogP contribution >= 0.6 is 0 Å². The first kappa shape index (κ1) is 16.2. The Hall–Kier alpha value is -1.83. The normalized spacial score (nSPS) is 12.1. The lowest BCUT2D eigenvalue weighted by molar-refractivity contribution is 0.00692. The number of hydrogen-bond acceptors (Lipinski definition) is 6. The van der Waals surface area contributed by atoms with E-state index in [0.29, 0.717) is 0 Å². The second-order valence-corrected chi connectivity index (χ2v) is 6.12. The smallest absolute Gasteiger partial charge is 0.456 e. The van der Waals surface area contributed by atoms with Gasteiger partial charge in [0, 0.05) is 11.3 Å². The van der Waals surface area contributed by atoms with Gasteiger partial charge in [-0.3, -0.25) is 0 Å². The molecule has 0 spiro atoms. The Morgan fingerprint density at radius 2 is 1.85 bits per heavy atom. The van der Waals surface area contributed by atoms with Gasteiger partial charge in [-0.2, -0.15) is 8.42 Å². The fourth-order valence-electron chi connectivity index (χ4n) is 1.36. The van der Waals surface area contributed by atoms with Crippen LogP contribution in [0.25, 0.3) is 0 Å². The Balaban J connectivity index is 3.21. The molecule has 1 aromatic rings. The molecule has 20 heavy (non-hydrogen) atoms. The van der Waals surface area contributed by atoms with Crippen LogP contribution in [-0.4, -0.2) is 20.0 Å². The number of rotatable bonds is 3. The molecule has 0 unspecified atom stereocenters. The molecular formula is C12H16FNO5S. The van der Waals surface area contributed by atoms with Gasteiger partial charge in [-0.25, -0.2) is 4.79 Å².